The number of nitrogens with one attached hydrogen (secondary N) is 1. The fourth-order valence-electron chi connectivity index (χ4n) is 2.12. The highest BCUT2D eigenvalue weighted by Gasteiger charge is 2.02. The van der Waals surface area contributed by atoms with Crippen LogP contribution < -0.4 is 5.32 Å². The minimum atomic E-state index is -0.377. The highest BCUT2D eigenvalue weighted by atomic mass is 19.1. The Labute approximate surface area is 123 Å². The lowest BCUT2D eigenvalue weighted by Crippen LogP contribution is -2.18. The van der Waals surface area contributed by atoms with Gasteiger partial charge in [-0.2, -0.15) is 5.26 Å². The molecule has 0 aliphatic carbocycles. The van der Waals surface area contributed by atoms with E-state index < -0.39 is 0 Å². The highest BCUT2D eigenvalue weighted by Crippen LogP contribution is 2.11. The third kappa shape index (κ3) is 4.71. The number of nitrogens with zero attached hydrogens (tertiary/aromatic N) is 2. The van der Waals surface area contributed by atoms with Crippen LogP contribution in [0.3, 0.4) is 0 Å². The fourth-order valence-corrected chi connectivity index (χ4v) is 2.12. The van der Waals surface area contributed by atoms with E-state index in [1.165, 1.54) is 12.1 Å². The number of hydrogen-bond acceptors (Lipinski definition) is 3. The van der Waals surface area contributed by atoms with Crippen LogP contribution in [0.4, 0.5) is 4.39 Å². The molecule has 1 N–H and O–H groups in total. The van der Waals surface area contributed by atoms with E-state index in [4.69, 9.17) is 10.00 Å². The maximum Gasteiger partial charge on any atom is 0.124 e. The lowest BCUT2D eigenvalue weighted by Gasteiger charge is -2.05. The van der Waals surface area contributed by atoms with E-state index in [0.29, 0.717) is 18.7 Å². The van der Waals surface area contributed by atoms with Crippen molar-refractivity contribution in [2.24, 2.45) is 0 Å². The third-order valence-electron chi connectivity index (χ3n) is 3.08. The van der Waals surface area contributed by atoms with Gasteiger partial charge in [-0.1, -0.05) is 0 Å². The standard InChI is InChI=1S/C16H18FN3O/c1-21-5-3-19-10-13-2-4-20(11-13)12-15-6-14(9-18)7-16(17)8-15/h2,4,6-8,11,19H,3,5,10,12H2,1H3. The van der Waals surface area contributed by atoms with Crippen molar-refractivity contribution < 1.29 is 9.13 Å². The SMILES string of the molecule is COCCNCc1ccn(Cc2cc(F)cc(C#N)c2)c1. The number of aromatic nitrogens is 1. The maximum absolute atomic E-state index is 13.4. The number of nitriles is 1. The molecule has 0 spiro atoms. The quantitative estimate of drug-likeness (QED) is 0.795. The van der Waals surface area contributed by atoms with Gasteiger partial charge in [0.1, 0.15) is 5.82 Å². The van der Waals surface area contributed by atoms with Crippen LogP contribution in [0.25, 0.3) is 0 Å². The maximum atomic E-state index is 13.4. The molecule has 1 heterocycles. The Morgan fingerprint density at radius 1 is 1.33 bits per heavy atom. The summed E-state index contributed by atoms with van der Waals surface area (Å²) < 4.78 is 20.3. The van der Waals surface area contributed by atoms with Crippen LogP contribution in [0.1, 0.15) is 16.7 Å². The summed E-state index contributed by atoms with van der Waals surface area (Å²) >= 11 is 0. The molecule has 1 aromatic heterocycles. The minimum absolute atomic E-state index is 0.346. The van der Waals surface area contributed by atoms with Gasteiger partial charge in [0.15, 0.2) is 0 Å². The van der Waals surface area contributed by atoms with Gasteiger partial charge in [-0.3, -0.25) is 0 Å². The normalized spacial score (nSPS) is 10.5. The molecule has 0 radical (unpaired) electrons. The molecule has 0 amide bonds. The van der Waals surface area contributed by atoms with Crippen molar-refractivity contribution in [2.45, 2.75) is 13.1 Å². The summed E-state index contributed by atoms with van der Waals surface area (Å²) in [6.07, 6.45) is 3.96. The molecule has 2 aromatic rings. The molecule has 21 heavy (non-hydrogen) atoms. The largest absolute Gasteiger partial charge is 0.383 e. The Morgan fingerprint density at radius 2 is 2.19 bits per heavy atom. The van der Waals surface area contributed by atoms with E-state index in [-0.39, 0.29) is 5.82 Å². The Hall–Kier alpha value is -2.16. The van der Waals surface area contributed by atoms with E-state index >= 15 is 0 Å². The van der Waals surface area contributed by atoms with Crippen LogP contribution in [0.2, 0.25) is 0 Å². The number of hydrogen-bond donors (Lipinski definition) is 1. The summed E-state index contributed by atoms with van der Waals surface area (Å²) in [6, 6.07) is 8.39. The first kappa shape index (κ1) is 15.2. The predicted octanol–water partition coefficient (Wildman–Crippen LogP) is 2.28. The summed E-state index contributed by atoms with van der Waals surface area (Å²) in [5.41, 5.74) is 2.28. The van der Waals surface area contributed by atoms with E-state index in [1.807, 2.05) is 29.1 Å². The van der Waals surface area contributed by atoms with Crippen LogP contribution >= 0.6 is 0 Å². The molecule has 1 aromatic carbocycles. The molecule has 110 valence electrons. The van der Waals surface area contributed by atoms with Crippen molar-refractivity contribution in [2.75, 3.05) is 20.3 Å². The number of rotatable bonds is 7. The van der Waals surface area contributed by atoms with Crippen molar-refractivity contribution in [1.82, 2.24) is 9.88 Å². The predicted molar refractivity (Wildman–Crippen MR) is 78.2 cm³/mol. The van der Waals surface area contributed by atoms with Crippen LogP contribution in [0.15, 0.2) is 36.7 Å². The second-order valence-electron chi connectivity index (χ2n) is 4.82. The van der Waals surface area contributed by atoms with E-state index in [2.05, 4.69) is 5.32 Å². The van der Waals surface area contributed by atoms with Gasteiger partial charge in [0.2, 0.25) is 0 Å². The van der Waals surface area contributed by atoms with Gasteiger partial charge in [0.25, 0.3) is 0 Å². The van der Waals surface area contributed by atoms with E-state index in [9.17, 15) is 4.39 Å². The van der Waals surface area contributed by atoms with Crippen molar-refractivity contribution >= 4 is 0 Å². The van der Waals surface area contributed by atoms with Gasteiger partial charge in [-0.25, -0.2) is 4.39 Å². The average molecular weight is 287 g/mol. The molecular weight excluding hydrogens is 269 g/mol. The first-order valence-electron chi connectivity index (χ1n) is 6.75. The Morgan fingerprint density at radius 3 is 2.95 bits per heavy atom. The van der Waals surface area contributed by atoms with Crippen molar-refractivity contribution in [3.05, 3.63) is 59.2 Å². The first-order chi connectivity index (χ1) is 10.2. The zero-order valence-corrected chi connectivity index (χ0v) is 12.0. The zero-order chi connectivity index (χ0) is 15.1. The molecule has 0 saturated carbocycles. The molecular formula is C16H18FN3O. The second kappa shape index (κ2) is 7.58. The van der Waals surface area contributed by atoms with Crippen LogP contribution in [-0.4, -0.2) is 24.8 Å². The summed E-state index contributed by atoms with van der Waals surface area (Å²) in [7, 11) is 1.67. The minimum Gasteiger partial charge on any atom is -0.383 e. The summed E-state index contributed by atoms with van der Waals surface area (Å²) in [5.74, 6) is -0.377. The fraction of sp³-hybridized carbons (Fsp3) is 0.312. The zero-order valence-electron chi connectivity index (χ0n) is 12.0. The topological polar surface area (TPSA) is 50.0 Å². The van der Waals surface area contributed by atoms with E-state index in [1.54, 1.807) is 13.2 Å². The Balaban J connectivity index is 1.96. The lowest BCUT2D eigenvalue weighted by atomic mass is 10.1. The molecule has 2 rings (SSSR count). The van der Waals surface area contributed by atoms with Crippen LogP contribution in [0.5, 0.6) is 0 Å². The second-order valence-corrected chi connectivity index (χ2v) is 4.82. The lowest BCUT2D eigenvalue weighted by molar-refractivity contribution is 0.199. The van der Waals surface area contributed by atoms with Gasteiger partial charge in [0.05, 0.1) is 18.2 Å². The van der Waals surface area contributed by atoms with Crippen LogP contribution in [-0.2, 0) is 17.8 Å². The molecule has 4 nitrogen and oxygen atoms in total. The molecule has 0 saturated heterocycles. The third-order valence-corrected chi connectivity index (χ3v) is 3.08. The molecule has 0 bridgehead atoms. The summed E-state index contributed by atoms with van der Waals surface area (Å²) in [5, 5.41) is 12.1. The van der Waals surface area contributed by atoms with Crippen molar-refractivity contribution in [1.29, 1.82) is 5.26 Å². The van der Waals surface area contributed by atoms with Crippen molar-refractivity contribution in [3.63, 3.8) is 0 Å². The average Bonchev–Trinajstić information content (AvgIpc) is 2.90. The van der Waals surface area contributed by atoms with Crippen LogP contribution in [0, 0.1) is 17.1 Å². The molecule has 0 aliphatic rings. The number of methoxy groups -OCH3 is 1. The smallest absolute Gasteiger partial charge is 0.124 e. The Bertz CT molecular complexity index is 631. The van der Waals surface area contributed by atoms with Gasteiger partial charge < -0.3 is 14.6 Å². The van der Waals surface area contributed by atoms with Gasteiger partial charge in [-0.15, -0.1) is 0 Å². The molecule has 0 fully saturated rings. The number of benzene rings is 1. The molecule has 0 atom stereocenters. The van der Waals surface area contributed by atoms with E-state index in [0.717, 1.165) is 24.2 Å². The summed E-state index contributed by atoms with van der Waals surface area (Å²) in [4.78, 5) is 0. The number of ether oxygens (including phenoxy) is 1. The number of halogens is 1. The monoisotopic (exact) mass is 287 g/mol. The van der Waals surface area contributed by atoms with Gasteiger partial charge in [-0.05, 0) is 35.4 Å². The van der Waals surface area contributed by atoms with Crippen molar-refractivity contribution in [3.8, 4) is 6.07 Å². The first-order valence-corrected chi connectivity index (χ1v) is 6.75. The molecule has 0 unspecified atom stereocenters. The highest BCUT2D eigenvalue weighted by molar-refractivity contribution is 5.33. The van der Waals surface area contributed by atoms with Gasteiger partial charge >= 0.3 is 0 Å². The molecule has 0 aliphatic heterocycles. The van der Waals surface area contributed by atoms with Gasteiger partial charge in [0, 0.05) is 39.1 Å². The Kier molecular flexibility index (Phi) is 5.50. The molecule has 5 heteroatoms. The summed E-state index contributed by atoms with van der Waals surface area (Å²) in [6.45, 7) is 2.80.